The molecule has 0 bridgehead atoms. The van der Waals surface area contributed by atoms with E-state index in [9.17, 15) is 0 Å². The molecule has 1 aromatic carbocycles. The molecule has 132 valence electrons. The van der Waals surface area contributed by atoms with E-state index < -0.39 is 0 Å². The largest absolute Gasteiger partial charge is 0.493 e. The van der Waals surface area contributed by atoms with Gasteiger partial charge < -0.3 is 14.2 Å². The van der Waals surface area contributed by atoms with Crippen LogP contribution >= 0.6 is 11.6 Å². The summed E-state index contributed by atoms with van der Waals surface area (Å²) in [6.45, 7) is 4.67. The van der Waals surface area contributed by atoms with Gasteiger partial charge in [-0.1, -0.05) is 23.7 Å². The Kier molecular flexibility index (Phi) is 5.06. The molecule has 4 rings (SSSR count). The van der Waals surface area contributed by atoms with Gasteiger partial charge in [-0.05, 0) is 29.3 Å². The summed E-state index contributed by atoms with van der Waals surface area (Å²) in [5.41, 5.74) is 2.64. The summed E-state index contributed by atoms with van der Waals surface area (Å²) in [6.07, 6.45) is 2.69. The molecule has 5 nitrogen and oxygen atoms in total. The molecule has 2 aliphatic heterocycles. The van der Waals surface area contributed by atoms with Gasteiger partial charge in [-0.25, -0.2) is 4.98 Å². The highest BCUT2D eigenvalue weighted by molar-refractivity contribution is 6.30. The number of nitrogens with zero attached hydrogens (tertiary/aromatic N) is 2. The molecule has 3 heterocycles. The Labute approximate surface area is 152 Å². The Morgan fingerprint density at radius 2 is 2.24 bits per heavy atom. The Morgan fingerprint density at radius 3 is 3.16 bits per heavy atom. The van der Waals surface area contributed by atoms with E-state index in [2.05, 4.69) is 28.1 Å². The Bertz CT molecular complexity index is 740. The second-order valence-corrected chi connectivity index (χ2v) is 6.73. The first-order valence-corrected chi connectivity index (χ1v) is 8.97. The smallest absolute Gasteiger partial charge is 0.171 e. The van der Waals surface area contributed by atoms with Crippen molar-refractivity contribution in [2.75, 3.05) is 32.9 Å². The van der Waals surface area contributed by atoms with Gasteiger partial charge in [0.1, 0.15) is 18.5 Å². The molecule has 0 spiro atoms. The summed E-state index contributed by atoms with van der Waals surface area (Å²) in [5, 5.41) is 0.385. The zero-order valence-electron chi connectivity index (χ0n) is 14.0. The average molecular weight is 361 g/mol. The molecule has 0 radical (unpaired) electrons. The predicted molar refractivity (Wildman–Crippen MR) is 95.4 cm³/mol. The molecule has 0 amide bonds. The standard InChI is InChI=1S/C19H21ClN2O3/c20-19-18(2-1-6-21-19)25-13-16-12-22(7-9-23-16)11-14-3-4-17-15(10-14)5-8-24-17/h1-4,6,10,16H,5,7-9,11-13H2. The second kappa shape index (κ2) is 7.60. The summed E-state index contributed by atoms with van der Waals surface area (Å²) in [7, 11) is 0. The van der Waals surface area contributed by atoms with Crippen LogP contribution in [0.25, 0.3) is 0 Å². The lowest BCUT2D eigenvalue weighted by Crippen LogP contribution is -2.44. The zero-order valence-corrected chi connectivity index (χ0v) is 14.7. The molecule has 1 saturated heterocycles. The normalized spacial score (nSPS) is 20.1. The number of benzene rings is 1. The maximum absolute atomic E-state index is 6.03. The highest BCUT2D eigenvalue weighted by Crippen LogP contribution is 2.26. The van der Waals surface area contributed by atoms with Gasteiger partial charge in [0.05, 0.1) is 13.2 Å². The van der Waals surface area contributed by atoms with Crippen molar-refractivity contribution in [2.45, 2.75) is 19.1 Å². The summed E-state index contributed by atoms with van der Waals surface area (Å²) >= 11 is 6.03. The van der Waals surface area contributed by atoms with Crippen molar-refractivity contribution in [3.05, 3.63) is 52.8 Å². The summed E-state index contributed by atoms with van der Waals surface area (Å²) in [5.74, 6) is 1.63. The molecular weight excluding hydrogens is 340 g/mol. The van der Waals surface area contributed by atoms with E-state index in [-0.39, 0.29) is 6.10 Å². The van der Waals surface area contributed by atoms with Crippen LogP contribution in [0.3, 0.4) is 0 Å². The van der Waals surface area contributed by atoms with Gasteiger partial charge >= 0.3 is 0 Å². The molecule has 2 aliphatic rings. The highest BCUT2D eigenvalue weighted by atomic mass is 35.5. The van der Waals surface area contributed by atoms with Gasteiger partial charge in [-0.2, -0.15) is 0 Å². The first-order valence-electron chi connectivity index (χ1n) is 8.60. The maximum Gasteiger partial charge on any atom is 0.171 e. The SMILES string of the molecule is Clc1ncccc1OCC1CN(Cc2ccc3c(c2)CCO3)CCO1. The molecule has 6 heteroatoms. The highest BCUT2D eigenvalue weighted by Gasteiger charge is 2.22. The number of hydrogen-bond donors (Lipinski definition) is 0. The molecule has 0 aliphatic carbocycles. The van der Waals surface area contributed by atoms with Crippen molar-refractivity contribution in [1.82, 2.24) is 9.88 Å². The van der Waals surface area contributed by atoms with E-state index in [1.807, 2.05) is 12.1 Å². The lowest BCUT2D eigenvalue weighted by molar-refractivity contribution is -0.0504. The minimum Gasteiger partial charge on any atom is -0.493 e. The van der Waals surface area contributed by atoms with Crippen molar-refractivity contribution in [3.8, 4) is 11.5 Å². The summed E-state index contributed by atoms with van der Waals surface area (Å²) in [4.78, 5) is 6.42. The molecule has 1 aromatic heterocycles. The Hall–Kier alpha value is -1.82. The number of morpholine rings is 1. The van der Waals surface area contributed by atoms with Crippen LogP contribution in [0.5, 0.6) is 11.5 Å². The van der Waals surface area contributed by atoms with Crippen LogP contribution in [-0.2, 0) is 17.7 Å². The third-order valence-corrected chi connectivity index (χ3v) is 4.82. The second-order valence-electron chi connectivity index (χ2n) is 6.37. The van der Waals surface area contributed by atoms with Crippen LogP contribution < -0.4 is 9.47 Å². The summed E-state index contributed by atoms with van der Waals surface area (Å²) < 4.78 is 17.2. The van der Waals surface area contributed by atoms with Gasteiger partial charge in [0.2, 0.25) is 0 Å². The minimum atomic E-state index is 0.0304. The summed E-state index contributed by atoms with van der Waals surface area (Å²) in [6, 6.07) is 10.1. The fourth-order valence-electron chi connectivity index (χ4n) is 3.28. The predicted octanol–water partition coefficient (Wildman–Crippen LogP) is 2.95. The molecule has 1 unspecified atom stereocenters. The van der Waals surface area contributed by atoms with Crippen molar-refractivity contribution in [2.24, 2.45) is 0 Å². The van der Waals surface area contributed by atoms with E-state index >= 15 is 0 Å². The topological polar surface area (TPSA) is 43.8 Å². The maximum atomic E-state index is 6.03. The monoisotopic (exact) mass is 360 g/mol. The molecule has 1 atom stereocenters. The number of ether oxygens (including phenoxy) is 3. The van der Waals surface area contributed by atoms with Crippen LogP contribution in [0.1, 0.15) is 11.1 Å². The zero-order chi connectivity index (χ0) is 17.1. The quantitative estimate of drug-likeness (QED) is 0.767. The van der Waals surface area contributed by atoms with Crippen molar-refractivity contribution in [1.29, 1.82) is 0 Å². The van der Waals surface area contributed by atoms with Crippen LogP contribution in [0.4, 0.5) is 0 Å². The van der Waals surface area contributed by atoms with Crippen LogP contribution in [0, 0.1) is 0 Å². The Balaban J connectivity index is 1.32. The number of pyridine rings is 1. The van der Waals surface area contributed by atoms with Gasteiger partial charge in [-0.3, -0.25) is 4.90 Å². The number of aromatic nitrogens is 1. The van der Waals surface area contributed by atoms with Gasteiger partial charge in [0.25, 0.3) is 0 Å². The van der Waals surface area contributed by atoms with Crippen LogP contribution in [0.2, 0.25) is 5.15 Å². The van der Waals surface area contributed by atoms with Gasteiger partial charge in [0, 0.05) is 32.3 Å². The number of halogens is 1. The van der Waals surface area contributed by atoms with Crippen molar-refractivity contribution >= 4 is 11.6 Å². The fraction of sp³-hybridized carbons (Fsp3) is 0.421. The van der Waals surface area contributed by atoms with E-state index in [0.29, 0.717) is 24.1 Å². The van der Waals surface area contributed by atoms with E-state index in [1.165, 1.54) is 11.1 Å². The van der Waals surface area contributed by atoms with E-state index in [4.69, 9.17) is 25.8 Å². The van der Waals surface area contributed by atoms with Crippen molar-refractivity contribution in [3.63, 3.8) is 0 Å². The number of hydrogen-bond acceptors (Lipinski definition) is 5. The van der Waals surface area contributed by atoms with Gasteiger partial charge in [0.15, 0.2) is 10.9 Å². The van der Waals surface area contributed by atoms with E-state index in [1.54, 1.807) is 6.20 Å². The number of rotatable bonds is 5. The number of fused-ring (bicyclic) bond motifs is 1. The first kappa shape index (κ1) is 16.6. The third-order valence-electron chi connectivity index (χ3n) is 4.53. The Morgan fingerprint density at radius 1 is 1.28 bits per heavy atom. The average Bonchev–Trinajstić information content (AvgIpc) is 3.09. The molecule has 1 fully saturated rings. The molecule has 0 saturated carbocycles. The fourth-order valence-corrected chi connectivity index (χ4v) is 3.46. The van der Waals surface area contributed by atoms with Gasteiger partial charge in [-0.15, -0.1) is 0 Å². The van der Waals surface area contributed by atoms with E-state index in [0.717, 1.165) is 38.4 Å². The third kappa shape index (κ3) is 4.06. The molecular formula is C19H21ClN2O3. The lowest BCUT2D eigenvalue weighted by Gasteiger charge is -2.32. The lowest BCUT2D eigenvalue weighted by atomic mass is 10.1. The molecule has 25 heavy (non-hydrogen) atoms. The minimum absolute atomic E-state index is 0.0304. The van der Waals surface area contributed by atoms with Crippen LogP contribution in [0.15, 0.2) is 36.5 Å². The molecule has 2 aromatic rings. The molecule has 0 N–H and O–H groups in total. The first-order chi connectivity index (χ1) is 12.3. The van der Waals surface area contributed by atoms with Crippen molar-refractivity contribution < 1.29 is 14.2 Å². The van der Waals surface area contributed by atoms with Crippen LogP contribution in [-0.4, -0.2) is 48.9 Å².